The molecular weight excluding hydrogens is 379 g/mol. The molecule has 0 saturated heterocycles. The molecule has 0 saturated carbocycles. The van der Waals surface area contributed by atoms with Gasteiger partial charge in [0.05, 0.1) is 16.2 Å². The van der Waals surface area contributed by atoms with Crippen molar-refractivity contribution in [2.45, 2.75) is 11.5 Å². The maximum Gasteiger partial charge on any atom is 0.279 e. The summed E-state index contributed by atoms with van der Waals surface area (Å²) in [6.45, 7) is 0. The van der Waals surface area contributed by atoms with Crippen molar-refractivity contribution in [3.05, 3.63) is 15.3 Å². The van der Waals surface area contributed by atoms with Gasteiger partial charge in [0.25, 0.3) is 15.5 Å². The number of hydrogen-bond acceptors (Lipinski definition) is 4. The summed E-state index contributed by atoms with van der Waals surface area (Å²) in [5.41, 5.74) is -0.476. The third-order valence-electron chi connectivity index (χ3n) is 1.64. The van der Waals surface area contributed by atoms with Crippen LogP contribution in [0.5, 0.6) is 5.75 Å². The lowest BCUT2D eigenvalue weighted by Crippen LogP contribution is -2.04. The van der Waals surface area contributed by atoms with E-state index < -0.39 is 26.1 Å². The predicted molar refractivity (Wildman–Crippen MR) is 61.5 cm³/mol. The molecule has 4 nitrogen and oxygen atoms in total. The van der Waals surface area contributed by atoms with Crippen LogP contribution in [0.2, 0.25) is 0 Å². The SMILES string of the molecule is COc1c(C(F)F)cnc(S(=O)(=O)Cl)c1I. The summed E-state index contributed by atoms with van der Waals surface area (Å²) in [6.07, 6.45) is -2.07. The maximum absolute atomic E-state index is 12.5. The third kappa shape index (κ3) is 2.72. The van der Waals surface area contributed by atoms with Crippen LogP contribution in [-0.2, 0) is 9.05 Å². The molecule has 0 aliphatic carbocycles. The fourth-order valence-corrected chi connectivity index (χ4v) is 3.77. The average molecular weight is 384 g/mol. The van der Waals surface area contributed by atoms with Gasteiger partial charge in [0, 0.05) is 16.9 Å². The molecule has 9 heteroatoms. The molecule has 0 aliphatic rings. The number of pyridine rings is 1. The molecule has 0 aromatic carbocycles. The molecule has 0 radical (unpaired) electrons. The van der Waals surface area contributed by atoms with Gasteiger partial charge < -0.3 is 4.74 Å². The molecule has 16 heavy (non-hydrogen) atoms. The second-order valence-electron chi connectivity index (χ2n) is 2.60. The van der Waals surface area contributed by atoms with Gasteiger partial charge in [-0.3, -0.25) is 0 Å². The number of alkyl halides is 2. The summed E-state index contributed by atoms with van der Waals surface area (Å²) in [4.78, 5) is 3.39. The molecule has 0 N–H and O–H groups in total. The number of halogens is 4. The smallest absolute Gasteiger partial charge is 0.279 e. The van der Waals surface area contributed by atoms with Crippen molar-refractivity contribution >= 4 is 42.3 Å². The fourth-order valence-electron chi connectivity index (χ4n) is 1.00. The first-order valence-electron chi connectivity index (χ1n) is 3.74. The predicted octanol–water partition coefficient (Wildman–Crippen LogP) is 2.56. The first-order chi connectivity index (χ1) is 7.29. The zero-order chi connectivity index (χ0) is 12.5. The van der Waals surface area contributed by atoms with Crippen molar-refractivity contribution < 1.29 is 21.9 Å². The normalized spacial score (nSPS) is 11.9. The van der Waals surface area contributed by atoms with Gasteiger partial charge in [-0.1, -0.05) is 0 Å². The second-order valence-corrected chi connectivity index (χ2v) is 6.16. The molecule has 0 unspecified atom stereocenters. The van der Waals surface area contributed by atoms with Crippen LogP contribution >= 0.6 is 33.3 Å². The summed E-state index contributed by atoms with van der Waals surface area (Å²) in [7, 11) is 2.17. The molecule has 0 aliphatic heterocycles. The molecule has 0 spiro atoms. The molecule has 1 rings (SSSR count). The highest BCUT2D eigenvalue weighted by Crippen LogP contribution is 2.35. The van der Waals surface area contributed by atoms with Crippen molar-refractivity contribution in [2.24, 2.45) is 0 Å². The Bertz CT molecular complexity index is 509. The molecule has 0 atom stereocenters. The first kappa shape index (κ1) is 13.8. The van der Waals surface area contributed by atoms with Crippen molar-refractivity contribution in [3.8, 4) is 5.75 Å². The van der Waals surface area contributed by atoms with Gasteiger partial charge in [-0.25, -0.2) is 22.2 Å². The maximum atomic E-state index is 12.5. The Morgan fingerprint density at radius 3 is 2.50 bits per heavy atom. The van der Waals surface area contributed by atoms with Gasteiger partial charge in [-0.05, 0) is 22.6 Å². The second kappa shape index (κ2) is 4.96. The minimum Gasteiger partial charge on any atom is -0.495 e. The van der Waals surface area contributed by atoms with Gasteiger partial charge in [-0.2, -0.15) is 0 Å². The number of hydrogen-bond donors (Lipinski definition) is 0. The van der Waals surface area contributed by atoms with E-state index in [1.807, 2.05) is 0 Å². The van der Waals surface area contributed by atoms with E-state index in [9.17, 15) is 17.2 Å². The zero-order valence-corrected chi connectivity index (χ0v) is 11.5. The van der Waals surface area contributed by atoms with E-state index in [0.717, 1.165) is 13.3 Å². The Morgan fingerprint density at radius 1 is 1.56 bits per heavy atom. The molecule has 90 valence electrons. The van der Waals surface area contributed by atoms with Crippen molar-refractivity contribution in [1.29, 1.82) is 0 Å². The number of methoxy groups -OCH3 is 1. The van der Waals surface area contributed by atoms with Crippen molar-refractivity contribution in [2.75, 3.05) is 7.11 Å². The van der Waals surface area contributed by atoms with E-state index in [0.29, 0.717) is 0 Å². The lowest BCUT2D eigenvalue weighted by Gasteiger charge is -2.10. The molecule has 0 bridgehead atoms. The minimum atomic E-state index is -4.08. The number of aromatic nitrogens is 1. The van der Waals surface area contributed by atoms with Crippen molar-refractivity contribution in [1.82, 2.24) is 4.98 Å². The molecule has 1 aromatic rings. The first-order valence-corrected chi connectivity index (χ1v) is 7.13. The van der Waals surface area contributed by atoms with E-state index in [1.54, 1.807) is 22.6 Å². The van der Waals surface area contributed by atoms with E-state index in [4.69, 9.17) is 15.4 Å². The standard InChI is InChI=1S/C7H5ClF2INO3S/c1-15-5-3(6(9)10)2-12-7(4(5)11)16(8,13)14/h2,6H,1H3. The van der Waals surface area contributed by atoms with Crippen molar-refractivity contribution in [3.63, 3.8) is 0 Å². The molecule has 1 heterocycles. The topological polar surface area (TPSA) is 56.3 Å². The van der Waals surface area contributed by atoms with Crippen LogP contribution in [0.1, 0.15) is 12.0 Å². The zero-order valence-electron chi connectivity index (χ0n) is 7.75. The Hall–Kier alpha value is -0.220. The molecular formula is C7H5ClF2INO3S. The van der Waals surface area contributed by atoms with Crippen LogP contribution in [0.25, 0.3) is 0 Å². The highest BCUT2D eigenvalue weighted by molar-refractivity contribution is 14.1. The summed E-state index contributed by atoms with van der Waals surface area (Å²) < 4.78 is 51.8. The lowest BCUT2D eigenvalue weighted by atomic mass is 10.3. The van der Waals surface area contributed by atoms with E-state index in [2.05, 4.69) is 4.98 Å². The van der Waals surface area contributed by atoms with Gasteiger partial charge in [-0.15, -0.1) is 0 Å². The third-order valence-corrected chi connectivity index (χ3v) is 4.22. The molecule has 0 fully saturated rings. The largest absolute Gasteiger partial charge is 0.495 e. The van der Waals surface area contributed by atoms with Crippen LogP contribution in [0, 0.1) is 3.57 Å². The van der Waals surface area contributed by atoms with Gasteiger partial charge in [0.1, 0.15) is 5.75 Å². The Balaban J connectivity index is 3.53. The lowest BCUT2D eigenvalue weighted by molar-refractivity contribution is 0.146. The Morgan fingerprint density at radius 2 is 2.12 bits per heavy atom. The van der Waals surface area contributed by atoms with Gasteiger partial charge >= 0.3 is 0 Å². The molecule has 0 amide bonds. The van der Waals surface area contributed by atoms with Crippen LogP contribution in [0.15, 0.2) is 11.2 Å². The minimum absolute atomic E-state index is 0.0621. The van der Waals surface area contributed by atoms with Crippen LogP contribution in [0.3, 0.4) is 0 Å². The molecule has 1 aromatic heterocycles. The number of nitrogens with zero attached hydrogens (tertiary/aromatic N) is 1. The summed E-state index contributed by atoms with van der Waals surface area (Å²) >= 11 is 1.54. The monoisotopic (exact) mass is 383 g/mol. The van der Waals surface area contributed by atoms with E-state index >= 15 is 0 Å². The summed E-state index contributed by atoms with van der Waals surface area (Å²) in [6, 6.07) is 0. The fraction of sp³-hybridized carbons (Fsp3) is 0.286. The number of rotatable bonds is 3. The highest BCUT2D eigenvalue weighted by Gasteiger charge is 2.25. The highest BCUT2D eigenvalue weighted by atomic mass is 127. The van der Waals surface area contributed by atoms with Gasteiger partial charge in [0.15, 0.2) is 5.03 Å². The number of ether oxygens (including phenoxy) is 1. The summed E-state index contributed by atoms with van der Waals surface area (Å²) in [5, 5.41) is -0.490. The van der Waals surface area contributed by atoms with Crippen LogP contribution < -0.4 is 4.74 Å². The van der Waals surface area contributed by atoms with E-state index in [-0.39, 0.29) is 9.32 Å². The van der Waals surface area contributed by atoms with Gasteiger partial charge in [0.2, 0.25) is 0 Å². The average Bonchev–Trinajstić information content (AvgIpc) is 2.14. The summed E-state index contributed by atoms with van der Waals surface area (Å²) in [5.74, 6) is -0.232. The van der Waals surface area contributed by atoms with Crippen LogP contribution in [0.4, 0.5) is 8.78 Å². The van der Waals surface area contributed by atoms with Crippen LogP contribution in [-0.4, -0.2) is 20.5 Å². The quantitative estimate of drug-likeness (QED) is 0.595. The van der Waals surface area contributed by atoms with E-state index in [1.165, 1.54) is 0 Å². The Labute approximate surface area is 109 Å². The Kier molecular flexibility index (Phi) is 4.29.